The third-order valence-electron chi connectivity index (χ3n) is 5.63. The van der Waals surface area contributed by atoms with Crippen molar-refractivity contribution in [2.24, 2.45) is 0 Å². The summed E-state index contributed by atoms with van der Waals surface area (Å²) in [7, 11) is 0. The van der Waals surface area contributed by atoms with E-state index in [1.54, 1.807) is 24.3 Å². The number of halogens is 1. The normalized spacial score (nSPS) is 28.0. The highest BCUT2D eigenvalue weighted by Crippen LogP contribution is 2.39. The van der Waals surface area contributed by atoms with Crippen molar-refractivity contribution in [1.82, 2.24) is 9.80 Å². The number of carbonyl (C=O) groups is 3. The molecule has 0 saturated carbocycles. The van der Waals surface area contributed by atoms with Gasteiger partial charge in [-0.15, -0.1) is 0 Å². The molecule has 3 aliphatic heterocycles. The van der Waals surface area contributed by atoms with E-state index in [9.17, 15) is 14.4 Å². The van der Waals surface area contributed by atoms with Crippen molar-refractivity contribution in [3.05, 3.63) is 29.3 Å². The van der Waals surface area contributed by atoms with Gasteiger partial charge in [-0.3, -0.25) is 19.3 Å². The van der Waals surface area contributed by atoms with Crippen LogP contribution in [0.25, 0.3) is 0 Å². The number of hydrogen-bond donors (Lipinski definition) is 0. The van der Waals surface area contributed by atoms with Gasteiger partial charge in [0.05, 0.1) is 0 Å². The number of piperidine rings is 1. The van der Waals surface area contributed by atoms with Crippen LogP contribution in [0.5, 0.6) is 5.75 Å². The molecule has 0 aliphatic carbocycles. The maximum absolute atomic E-state index is 12.7. The van der Waals surface area contributed by atoms with Crippen molar-refractivity contribution in [2.45, 2.75) is 56.7 Å². The Labute approximate surface area is 157 Å². The number of imide groups is 1. The quantitative estimate of drug-likeness (QED) is 0.757. The minimum atomic E-state index is -0.0646. The smallest absolute Gasteiger partial charge is 0.261 e. The summed E-state index contributed by atoms with van der Waals surface area (Å²) < 4.78 is 5.59. The number of amides is 3. The van der Waals surface area contributed by atoms with E-state index >= 15 is 0 Å². The van der Waals surface area contributed by atoms with E-state index in [1.165, 1.54) is 4.90 Å². The molecule has 2 atom stereocenters. The number of benzene rings is 1. The van der Waals surface area contributed by atoms with Crippen molar-refractivity contribution >= 4 is 29.3 Å². The van der Waals surface area contributed by atoms with Gasteiger partial charge < -0.3 is 9.64 Å². The number of carbonyl (C=O) groups excluding carboxylic acids is 3. The molecule has 3 saturated heterocycles. The summed E-state index contributed by atoms with van der Waals surface area (Å²) in [6.45, 7) is -0.0130. The summed E-state index contributed by atoms with van der Waals surface area (Å²) in [5, 5.41) is 0.620. The number of ether oxygens (including phenoxy) is 1. The molecule has 0 radical (unpaired) electrons. The molecular formula is C19H21ClN2O4. The second-order valence-electron chi connectivity index (χ2n) is 7.21. The third kappa shape index (κ3) is 3.18. The molecule has 3 fully saturated rings. The molecule has 3 heterocycles. The zero-order valence-electron chi connectivity index (χ0n) is 14.4. The molecule has 26 heavy (non-hydrogen) atoms. The Morgan fingerprint density at radius 2 is 1.58 bits per heavy atom. The van der Waals surface area contributed by atoms with Gasteiger partial charge in [0.15, 0.2) is 6.61 Å². The topological polar surface area (TPSA) is 66.9 Å². The van der Waals surface area contributed by atoms with Gasteiger partial charge in [0.25, 0.3) is 5.91 Å². The molecule has 2 bridgehead atoms. The molecular weight excluding hydrogens is 356 g/mol. The van der Waals surface area contributed by atoms with Crippen molar-refractivity contribution in [3.63, 3.8) is 0 Å². The lowest BCUT2D eigenvalue weighted by Crippen LogP contribution is -2.54. The van der Waals surface area contributed by atoms with E-state index in [-0.39, 0.29) is 42.5 Å². The molecule has 0 aromatic heterocycles. The van der Waals surface area contributed by atoms with Crippen LogP contribution in [0, 0.1) is 0 Å². The lowest BCUT2D eigenvalue weighted by atomic mass is 9.96. The highest BCUT2D eigenvalue weighted by Gasteiger charge is 2.47. The summed E-state index contributed by atoms with van der Waals surface area (Å²) in [5.74, 6) is 0.443. The van der Waals surface area contributed by atoms with E-state index in [1.807, 2.05) is 4.90 Å². The highest BCUT2D eigenvalue weighted by atomic mass is 35.5. The Bertz CT molecular complexity index is 706. The molecule has 1 aromatic rings. The zero-order chi connectivity index (χ0) is 18.3. The molecule has 6 nitrogen and oxygen atoms in total. The molecule has 1 aromatic carbocycles. The van der Waals surface area contributed by atoms with Crippen LogP contribution in [0.15, 0.2) is 24.3 Å². The van der Waals surface area contributed by atoms with Crippen molar-refractivity contribution < 1.29 is 19.1 Å². The Balaban J connectivity index is 1.38. The predicted molar refractivity (Wildman–Crippen MR) is 94.7 cm³/mol. The zero-order valence-corrected chi connectivity index (χ0v) is 15.2. The van der Waals surface area contributed by atoms with Gasteiger partial charge in [0.1, 0.15) is 5.75 Å². The molecule has 138 valence electrons. The fraction of sp³-hybridized carbons (Fsp3) is 0.526. The SMILES string of the molecule is O=C1CCC(=O)N1C1CC2CCC(C1)N2C(=O)COc1ccc(Cl)cc1. The predicted octanol–water partition coefficient (Wildman–Crippen LogP) is 2.39. The molecule has 3 amide bonds. The Kier molecular flexibility index (Phi) is 4.61. The van der Waals surface area contributed by atoms with Crippen LogP contribution in [0.3, 0.4) is 0 Å². The van der Waals surface area contributed by atoms with Gasteiger partial charge in [-0.2, -0.15) is 0 Å². The first-order chi connectivity index (χ1) is 12.5. The van der Waals surface area contributed by atoms with Crippen LogP contribution >= 0.6 is 11.6 Å². The minimum Gasteiger partial charge on any atom is -0.484 e. The summed E-state index contributed by atoms with van der Waals surface area (Å²) in [5.41, 5.74) is 0. The van der Waals surface area contributed by atoms with Gasteiger partial charge in [0, 0.05) is 36.0 Å². The molecule has 0 N–H and O–H groups in total. The second kappa shape index (κ2) is 6.91. The van der Waals surface area contributed by atoms with E-state index in [0.717, 1.165) is 12.8 Å². The molecule has 0 spiro atoms. The van der Waals surface area contributed by atoms with Crippen molar-refractivity contribution in [1.29, 1.82) is 0 Å². The van der Waals surface area contributed by atoms with Gasteiger partial charge in [-0.1, -0.05) is 11.6 Å². The van der Waals surface area contributed by atoms with Crippen LogP contribution in [-0.2, 0) is 14.4 Å². The molecule has 4 rings (SSSR count). The average molecular weight is 377 g/mol. The Morgan fingerprint density at radius 1 is 1.00 bits per heavy atom. The number of nitrogens with zero attached hydrogens (tertiary/aromatic N) is 2. The first-order valence-corrected chi connectivity index (χ1v) is 9.45. The van der Waals surface area contributed by atoms with Crippen LogP contribution in [0.1, 0.15) is 38.5 Å². The lowest BCUT2D eigenvalue weighted by Gasteiger charge is -2.41. The molecule has 7 heteroatoms. The van der Waals surface area contributed by atoms with Crippen LogP contribution < -0.4 is 4.74 Å². The summed E-state index contributed by atoms with van der Waals surface area (Å²) in [6, 6.07) is 7.03. The van der Waals surface area contributed by atoms with E-state index in [2.05, 4.69) is 0 Å². The number of rotatable bonds is 4. The maximum atomic E-state index is 12.7. The lowest BCUT2D eigenvalue weighted by molar-refractivity contribution is -0.145. The summed E-state index contributed by atoms with van der Waals surface area (Å²) in [4.78, 5) is 40.1. The minimum absolute atomic E-state index is 0.0130. The van der Waals surface area contributed by atoms with E-state index in [0.29, 0.717) is 36.5 Å². The fourth-order valence-corrected chi connectivity index (χ4v) is 4.64. The van der Waals surface area contributed by atoms with Crippen LogP contribution in [0.2, 0.25) is 5.02 Å². The third-order valence-corrected chi connectivity index (χ3v) is 5.88. The highest BCUT2D eigenvalue weighted by molar-refractivity contribution is 6.30. The first kappa shape index (κ1) is 17.3. The van der Waals surface area contributed by atoms with Gasteiger partial charge in [-0.05, 0) is 49.9 Å². The van der Waals surface area contributed by atoms with Crippen molar-refractivity contribution in [3.8, 4) is 5.75 Å². The Hall–Kier alpha value is -2.08. The largest absolute Gasteiger partial charge is 0.484 e. The fourth-order valence-electron chi connectivity index (χ4n) is 4.52. The van der Waals surface area contributed by atoms with Gasteiger partial charge in [0.2, 0.25) is 11.8 Å². The molecule has 2 unspecified atom stereocenters. The summed E-state index contributed by atoms with van der Waals surface area (Å²) >= 11 is 5.85. The van der Waals surface area contributed by atoms with Gasteiger partial charge >= 0.3 is 0 Å². The van der Waals surface area contributed by atoms with Crippen molar-refractivity contribution in [2.75, 3.05) is 6.61 Å². The van der Waals surface area contributed by atoms with E-state index in [4.69, 9.17) is 16.3 Å². The average Bonchev–Trinajstić information content (AvgIpc) is 3.10. The van der Waals surface area contributed by atoms with E-state index < -0.39 is 0 Å². The summed E-state index contributed by atoms with van der Waals surface area (Å²) in [6.07, 6.45) is 3.85. The maximum Gasteiger partial charge on any atom is 0.261 e. The second-order valence-corrected chi connectivity index (χ2v) is 7.65. The van der Waals surface area contributed by atoms with Crippen LogP contribution in [0.4, 0.5) is 0 Å². The van der Waals surface area contributed by atoms with Gasteiger partial charge in [-0.25, -0.2) is 0 Å². The number of likely N-dealkylation sites (tertiary alicyclic amines) is 1. The first-order valence-electron chi connectivity index (χ1n) is 9.07. The standard InChI is InChI=1S/C19H21ClN2O4/c20-12-1-5-16(6-2-12)26-11-19(25)21-13-3-4-14(21)10-15(9-13)22-17(23)7-8-18(22)24/h1-2,5-6,13-15H,3-4,7-11H2. The number of fused-ring (bicyclic) bond motifs is 2. The monoisotopic (exact) mass is 376 g/mol. The number of hydrogen-bond acceptors (Lipinski definition) is 4. The Morgan fingerprint density at radius 3 is 2.15 bits per heavy atom. The van der Waals surface area contributed by atoms with Crippen LogP contribution in [-0.4, -0.2) is 52.3 Å². The molecule has 3 aliphatic rings.